The van der Waals surface area contributed by atoms with Crippen LogP contribution in [0.4, 0.5) is 5.69 Å². The van der Waals surface area contributed by atoms with E-state index in [1.807, 2.05) is 25.1 Å². The normalized spacial score (nSPS) is 10.9. The Morgan fingerprint density at radius 3 is 2.52 bits per heavy atom. The van der Waals surface area contributed by atoms with E-state index in [2.05, 4.69) is 29.5 Å². The van der Waals surface area contributed by atoms with E-state index in [0.29, 0.717) is 17.3 Å². The number of hydrogen-bond acceptors (Lipinski definition) is 4. The van der Waals surface area contributed by atoms with Gasteiger partial charge in [0, 0.05) is 12.6 Å². The van der Waals surface area contributed by atoms with Crippen molar-refractivity contribution in [3.63, 3.8) is 0 Å². The molecule has 122 valence electrons. The van der Waals surface area contributed by atoms with E-state index < -0.39 is 0 Å². The van der Waals surface area contributed by atoms with Crippen molar-refractivity contribution in [1.29, 1.82) is 0 Å². The second-order valence-corrected chi connectivity index (χ2v) is 5.98. The van der Waals surface area contributed by atoms with Crippen molar-refractivity contribution < 1.29 is 9.59 Å². The van der Waals surface area contributed by atoms with Crippen molar-refractivity contribution in [2.45, 2.75) is 47.1 Å². The molecule has 2 aromatic rings. The summed E-state index contributed by atoms with van der Waals surface area (Å²) >= 11 is 0. The van der Waals surface area contributed by atoms with Crippen LogP contribution >= 0.6 is 0 Å². The fourth-order valence-electron chi connectivity index (χ4n) is 2.49. The summed E-state index contributed by atoms with van der Waals surface area (Å²) in [5.41, 5.74) is 3.86. The number of aromatic nitrogens is 3. The van der Waals surface area contributed by atoms with Crippen LogP contribution in [0.15, 0.2) is 18.2 Å². The fraction of sp³-hybridized carbons (Fsp3) is 0.412. The van der Waals surface area contributed by atoms with Crippen LogP contribution in [0, 0.1) is 13.8 Å². The van der Waals surface area contributed by atoms with Gasteiger partial charge in [-0.1, -0.05) is 37.3 Å². The summed E-state index contributed by atoms with van der Waals surface area (Å²) in [7, 11) is 0. The maximum Gasteiger partial charge on any atom is 0.246 e. The van der Waals surface area contributed by atoms with Crippen LogP contribution in [0.1, 0.15) is 54.0 Å². The number of rotatable bonds is 5. The minimum absolute atomic E-state index is 0.0258. The Hall–Kier alpha value is -2.50. The van der Waals surface area contributed by atoms with Gasteiger partial charge in [-0.3, -0.25) is 9.59 Å². The Morgan fingerprint density at radius 1 is 1.26 bits per heavy atom. The Labute approximate surface area is 135 Å². The highest BCUT2D eigenvalue weighted by Gasteiger charge is 2.16. The van der Waals surface area contributed by atoms with Gasteiger partial charge in [-0.2, -0.15) is 0 Å². The molecule has 0 aliphatic carbocycles. The number of carbonyl (C=O) groups excluding carboxylic acids is 2. The third-order valence-electron chi connectivity index (χ3n) is 3.80. The standard InChI is InChI=1S/C17H22N4O2/c1-10(2)14-8-6-7-11(3)16(14)18-15(23)9-21-12(4)17(13(5)22)19-20-21/h6-8,10H,9H2,1-5H3,(H,18,23). The highest BCUT2D eigenvalue weighted by Crippen LogP contribution is 2.27. The fourth-order valence-corrected chi connectivity index (χ4v) is 2.49. The highest BCUT2D eigenvalue weighted by atomic mass is 16.2. The minimum atomic E-state index is -0.190. The zero-order chi connectivity index (χ0) is 17.1. The van der Waals surface area contributed by atoms with E-state index >= 15 is 0 Å². The lowest BCUT2D eigenvalue weighted by molar-refractivity contribution is -0.117. The number of amides is 1. The minimum Gasteiger partial charge on any atom is -0.324 e. The summed E-state index contributed by atoms with van der Waals surface area (Å²) in [6, 6.07) is 5.97. The molecule has 1 aromatic carbocycles. The van der Waals surface area contributed by atoms with Gasteiger partial charge in [0.25, 0.3) is 0 Å². The van der Waals surface area contributed by atoms with Gasteiger partial charge in [0.05, 0.1) is 5.69 Å². The van der Waals surface area contributed by atoms with Crippen LogP contribution in [-0.4, -0.2) is 26.7 Å². The summed E-state index contributed by atoms with van der Waals surface area (Å²) < 4.78 is 1.44. The first-order valence-electron chi connectivity index (χ1n) is 7.61. The van der Waals surface area contributed by atoms with Crippen LogP contribution in [0.3, 0.4) is 0 Å². The number of nitrogens with one attached hydrogen (secondary N) is 1. The molecule has 0 unspecified atom stereocenters. The lowest BCUT2D eigenvalue weighted by Crippen LogP contribution is -2.22. The largest absolute Gasteiger partial charge is 0.324 e. The molecular weight excluding hydrogens is 292 g/mol. The predicted molar refractivity (Wildman–Crippen MR) is 88.7 cm³/mol. The number of carbonyl (C=O) groups is 2. The molecule has 6 nitrogen and oxygen atoms in total. The van der Waals surface area contributed by atoms with E-state index in [9.17, 15) is 9.59 Å². The van der Waals surface area contributed by atoms with Gasteiger partial charge in [0.1, 0.15) is 6.54 Å². The van der Waals surface area contributed by atoms with Crippen LogP contribution in [0.25, 0.3) is 0 Å². The first kappa shape index (κ1) is 16.9. The first-order valence-corrected chi connectivity index (χ1v) is 7.61. The number of Topliss-reactive ketones (excluding diaryl/α,β-unsaturated/α-hetero) is 1. The zero-order valence-corrected chi connectivity index (χ0v) is 14.2. The Morgan fingerprint density at radius 2 is 1.96 bits per heavy atom. The van der Waals surface area contributed by atoms with Gasteiger partial charge in [-0.25, -0.2) is 4.68 Å². The SMILES string of the molecule is CC(=O)c1nnn(CC(=O)Nc2c(C)cccc2C(C)C)c1C. The zero-order valence-electron chi connectivity index (χ0n) is 14.2. The number of anilines is 1. The molecule has 0 saturated heterocycles. The third-order valence-corrected chi connectivity index (χ3v) is 3.80. The lowest BCUT2D eigenvalue weighted by atomic mass is 9.98. The molecule has 2 rings (SSSR count). The van der Waals surface area contributed by atoms with Crippen LogP contribution in [-0.2, 0) is 11.3 Å². The predicted octanol–water partition coefficient (Wildman–Crippen LogP) is 2.86. The molecular formula is C17H22N4O2. The van der Waals surface area contributed by atoms with Crippen molar-refractivity contribution in [2.75, 3.05) is 5.32 Å². The maximum absolute atomic E-state index is 12.4. The van der Waals surface area contributed by atoms with Crippen molar-refractivity contribution >= 4 is 17.4 Å². The molecule has 0 fully saturated rings. The summed E-state index contributed by atoms with van der Waals surface area (Å²) in [4.78, 5) is 23.8. The van der Waals surface area contributed by atoms with Crippen molar-refractivity contribution in [1.82, 2.24) is 15.0 Å². The molecule has 0 aliphatic heterocycles. The van der Waals surface area contributed by atoms with Gasteiger partial charge >= 0.3 is 0 Å². The van der Waals surface area contributed by atoms with Gasteiger partial charge < -0.3 is 5.32 Å². The summed E-state index contributed by atoms with van der Waals surface area (Å²) in [5.74, 6) is -0.0397. The Kier molecular flexibility index (Phi) is 4.93. The number of para-hydroxylation sites is 1. The molecule has 1 N–H and O–H groups in total. The van der Waals surface area contributed by atoms with E-state index in [0.717, 1.165) is 16.8 Å². The molecule has 0 aliphatic rings. The summed E-state index contributed by atoms with van der Waals surface area (Å²) in [6.07, 6.45) is 0. The van der Waals surface area contributed by atoms with Gasteiger partial charge in [-0.05, 0) is 30.9 Å². The average Bonchev–Trinajstić information content (AvgIpc) is 2.82. The average molecular weight is 314 g/mol. The van der Waals surface area contributed by atoms with E-state index in [1.54, 1.807) is 6.92 Å². The van der Waals surface area contributed by atoms with Gasteiger partial charge in [0.2, 0.25) is 5.91 Å². The first-order chi connectivity index (χ1) is 10.8. The quantitative estimate of drug-likeness (QED) is 0.861. The van der Waals surface area contributed by atoms with Crippen molar-refractivity contribution in [2.24, 2.45) is 0 Å². The number of nitrogens with zero attached hydrogens (tertiary/aromatic N) is 3. The van der Waals surface area contributed by atoms with Crippen molar-refractivity contribution in [3.05, 3.63) is 40.7 Å². The number of hydrogen-bond donors (Lipinski definition) is 1. The monoisotopic (exact) mass is 314 g/mol. The highest BCUT2D eigenvalue weighted by molar-refractivity contribution is 5.94. The summed E-state index contributed by atoms with van der Waals surface area (Å²) in [5, 5.41) is 10.7. The molecule has 23 heavy (non-hydrogen) atoms. The van der Waals surface area contributed by atoms with E-state index in [1.165, 1.54) is 11.6 Å². The smallest absolute Gasteiger partial charge is 0.246 e. The molecule has 0 saturated carbocycles. The second-order valence-electron chi connectivity index (χ2n) is 5.98. The Bertz CT molecular complexity index is 747. The molecule has 0 atom stereocenters. The van der Waals surface area contributed by atoms with Crippen LogP contribution in [0.2, 0.25) is 0 Å². The van der Waals surface area contributed by atoms with Gasteiger partial charge in [0.15, 0.2) is 11.5 Å². The van der Waals surface area contributed by atoms with Crippen LogP contribution < -0.4 is 5.32 Å². The third kappa shape index (κ3) is 3.64. The molecule has 1 amide bonds. The summed E-state index contributed by atoms with van der Waals surface area (Å²) in [6.45, 7) is 9.34. The number of ketones is 1. The number of aryl methyl sites for hydroxylation is 1. The second kappa shape index (κ2) is 6.73. The molecule has 1 aromatic heterocycles. The maximum atomic E-state index is 12.4. The lowest BCUT2D eigenvalue weighted by Gasteiger charge is -2.16. The Balaban J connectivity index is 2.19. The molecule has 0 spiro atoms. The molecule has 0 radical (unpaired) electrons. The molecule has 0 bridgehead atoms. The molecule has 1 heterocycles. The molecule has 6 heteroatoms. The van der Waals surface area contributed by atoms with Gasteiger partial charge in [-0.15, -0.1) is 5.10 Å². The van der Waals surface area contributed by atoms with Crippen molar-refractivity contribution in [3.8, 4) is 0 Å². The van der Waals surface area contributed by atoms with E-state index in [4.69, 9.17) is 0 Å². The topological polar surface area (TPSA) is 76.9 Å². The van der Waals surface area contributed by atoms with Crippen LogP contribution in [0.5, 0.6) is 0 Å². The van der Waals surface area contributed by atoms with E-state index in [-0.39, 0.29) is 18.2 Å². The number of benzene rings is 1.